The predicted molar refractivity (Wildman–Crippen MR) is 131 cm³/mol. The predicted octanol–water partition coefficient (Wildman–Crippen LogP) is 4.35. The Bertz CT molecular complexity index is 1350. The molecular weight excluding hydrogens is 432 g/mol. The molecular formula is C27H26N2O3S. The molecule has 0 aliphatic heterocycles. The number of amides is 1. The van der Waals surface area contributed by atoms with Gasteiger partial charge in [-0.2, -0.15) is 4.72 Å². The summed E-state index contributed by atoms with van der Waals surface area (Å²) in [5.41, 5.74) is 2.80. The summed E-state index contributed by atoms with van der Waals surface area (Å²) in [6, 6.07) is 28.7. The van der Waals surface area contributed by atoms with E-state index in [0.29, 0.717) is 11.9 Å². The molecule has 0 radical (unpaired) electrons. The van der Waals surface area contributed by atoms with Crippen LogP contribution in [-0.2, 0) is 27.8 Å². The van der Waals surface area contributed by atoms with Crippen molar-refractivity contribution in [3.05, 3.63) is 114 Å². The number of rotatable bonds is 8. The van der Waals surface area contributed by atoms with Crippen molar-refractivity contribution in [1.29, 1.82) is 0 Å². The Morgan fingerprint density at radius 2 is 1.33 bits per heavy atom. The van der Waals surface area contributed by atoms with Crippen molar-refractivity contribution < 1.29 is 13.2 Å². The van der Waals surface area contributed by atoms with Crippen molar-refractivity contribution in [2.24, 2.45) is 0 Å². The lowest BCUT2D eigenvalue weighted by Crippen LogP contribution is -2.47. The van der Waals surface area contributed by atoms with Crippen LogP contribution in [0.1, 0.15) is 16.7 Å². The Labute approximate surface area is 194 Å². The molecule has 1 unspecified atom stereocenters. The molecule has 0 saturated carbocycles. The summed E-state index contributed by atoms with van der Waals surface area (Å²) in [5.74, 6) is -0.373. The molecule has 33 heavy (non-hydrogen) atoms. The molecule has 4 rings (SSSR count). The SMILES string of the molecule is Cc1ccc(S(=O)(=O)NC(Cc2ccccc2)C(=O)NCc2ccccc2)c2ccccc12. The first kappa shape index (κ1) is 22.7. The molecule has 0 aliphatic rings. The Balaban J connectivity index is 1.63. The minimum atomic E-state index is -3.96. The van der Waals surface area contributed by atoms with Gasteiger partial charge in [0, 0.05) is 11.9 Å². The first-order valence-corrected chi connectivity index (χ1v) is 12.3. The van der Waals surface area contributed by atoms with Gasteiger partial charge in [0.2, 0.25) is 15.9 Å². The molecule has 0 aromatic heterocycles. The van der Waals surface area contributed by atoms with Gasteiger partial charge in [-0.1, -0.05) is 91.0 Å². The minimum Gasteiger partial charge on any atom is -0.351 e. The van der Waals surface area contributed by atoms with Gasteiger partial charge in [0.05, 0.1) is 4.90 Å². The van der Waals surface area contributed by atoms with Gasteiger partial charge in [-0.15, -0.1) is 0 Å². The quantitative estimate of drug-likeness (QED) is 0.412. The number of nitrogens with one attached hydrogen (secondary N) is 2. The molecule has 0 fully saturated rings. The number of aryl methyl sites for hydroxylation is 1. The molecule has 168 valence electrons. The second kappa shape index (κ2) is 9.98. The average molecular weight is 459 g/mol. The Kier molecular flexibility index (Phi) is 6.87. The third-order valence-electron chi connectivity index (χ3n) is 5.60. The fourth-order valence-electron chi connectivity index (χ4n) is 3.85. The molecule has 0 heterocycles. The van der Waals surface area contributed by atoms with Crippen LogP contribution in [0.25, 0.3) is 10.8 Å². The van der Waals surface area contributed by atoms with E-state index in [-0.39, 0.29) is 17.2 Å². The number of fused-ring (bicyclic) bond motifs is 1. The molecule has 0 spiro atoms. The molecule has 0 bridgehead atoms. The second-order valence-electron chi connectivity index (χ2n) is 7.99. The van der Waals surface area contributed by atoms with Crippen LogP contribution in [-0.4, -0.2) is 20.4 Å². The third-order valence-corrected chi connectivity index (χ3v) is 7.13. The summed E-state index contributed by atoms with van der Waals surface area (Å²) in [4.78, 5) is 13.3. The van der Waals surface area contributed by atoms with Gasteiger partial charge in [0.25, 0.3) is 0 Å². The first-order chi connectivity index (χ1) is 15.9. The zero-order valence-electron chi connectivity index (χ0n) is 18.4. The van der Waals surface area contributed by atoms with E-state index < -0.39 is 16.1 Å². The lowest BCUT2D eigenvalue weighted by molar-refractivity contribution is -0.122. The normalized spacial score (nSPS) is 12.4. The summed E-state index contributed by atoms with van der Waals surface area (Å²) < 4.78 is 29.6. The average Bonchev–Trinajstić information content (AvgIpc) is 2.83. The standard InChI is InChI=1S/C27H26N2O3S/c1-20-16-17-26(24-15-9-8-14-23(20)24)33(31,32)29-25(18-21-10-4-2-5-11-21)27(30)28-19-22-12-6-3-7-13-22/h2-17,25,29H,18-19H2,1H3,(H,28,30). The van der Waals surface area contributed by atoms with Crippen molar-refractivity contribution in [2.75, 3.05) is 0 Å². The minimum absolute atomic E-state index is 0.164. The summed E-state index contributed by atoms with van der Waals surface area (Å²) in [6.45, 7) is 2.27. The number of carbonyl (C=O) groups is 1. The van der Waals surface area contributed by atoms with Crippen molar-refractivity contribution in [1.82, 2.24) is 10.0 Å². The maximum absolute atomic E-state index is 13.4. The highest BCUT2D eigenvalue weighted by Crippen LogP contribution is 2.26. The number of hydrogen-bond donors (Lipinski definition) is 2. The van der Waals surface area contributed by atoms with Gasteiger partial charge in [0.15, 0.2) is 0 Å². The highest BCUT2D eigenvalue weighted by molar-refractivity contribution is 7.89. The van der Waals surface area contributed by atoms with Crippen LogP contribution in [0.2, 0.25) is 0 Å². The molecule has 2 N–H and O–H groups in total. The van der Waals surface area contributed by atoms with E-state index >= 15 is 0 Å². The number of sulfonamides is 1. The van der Waals surface area contributed by atoms with E-state index in [1.165, 1.54) is 0 Å². The molecule has 6 heteroatoms. The van der Waals surface area contributed by atoms with E-state index in [0.717, 1.165) is 22.1 Å². The van der Waals surface area contributed by atoms with Crippen molar-refractivity contribution in [3.8, 4) is 0 Å². The molecule has 1 amide bonds. The summed E-state index contributed by atoms with van der Waals surface area (Å²) in [7, 11) is -3.96. The number of carbonyl (C=O) groups excluding carboxylic acids is 1. The summed E-state index contributed by atoms with van der Waals surface area (Å²) >= 11 is 0. The van der Waals surface area contributed by atoms with Crippen molar-refractivity contribution in [3.63, 3.8) is 0 Å². The molecule has 1 atom stereocenters. The first-order valence-electron chi connectivity index (χ1n) is 10.8. The van der Waals surface area contributed by atoms with Gasteiger partial charge >= 0.3 is 0 Å². The van der Waals surface area contributed by atoms with Crippen LogP contribution in [0.5, 0.6) is 0 Å². The van der Waals surface area contributed by atoms with E-state index in [1.54, 1.807) is 18.2 Å². The Hall–Kier alpha value is -3.48. The van der Waals surface area contributed by atoms with E-state index in [4.69, 9.17) is 0 Å². The van der Waals surface area contributed by atoms with Crippen molar-refractivity contribution in [2.45, 2.75) is 30.8 Å². The van der Waals surface area contributed by atoms with Crippen molar-refractivity contribution >= 4 is 26.7 Å². The Morgan fingerprint density at radius 1 is 0.758 bits per heavy atom. The maximum atomic E-state index is 13.4. The van der Waals surface area contributed by atoms with Crippen LogP contribution in [0.3, 0.4) is 0 Å². The lowest BCUT2D eigenvalue weighted by atomic mass is 10.1. The third kappa shape index (κ3) is 5.48. The molecule has 4 aromatic carbocycles. The summed E-state index contributed by atoms with van der Waals surface area (Å²) in [6.07, 6.45) is 0.241. The molecule has 0 saturated heterocycles. The number of benzene rings is 4. The lowest BCUT2D eigenvalue weighted by Gasteiger charge is -2.20. The topological polar surface area (TPSA) is 75.3 Å². The van der Waals surface area contributed by atoms with Crippen LogP contribution < -0.4 is 10.0 Å². The van der Waals surface area contributed by atoms with Gasteiger partial charge in [0.1, 0.15) is 6.04 Å². The zero-order valence-corrected chi connectivity index (χ0v) is 19.2. The highest BCUT2D eigenvalue weighted by atomic mass is 32.2. The molecule has 5 nitrogen and oxygen atoms in total. The molecule has 0 aliphatic carbocycles. The monoisotopic (exact) mass is 458 g/mol. The van der Waals surface area contributed by atoms with Crippen LogP contribution in [0, 0.1) is 6.92 Å². The smallest absolute Gasteiger partial charge is 0.241 e. The van der Waals surface area contributed by atoms with Crippen LogP contribution in [0.15, 0.2) is 102 Å². The van der Waals surface area contributed by atoms with Crippen LogP contribution in [0.4, 0.5) is 0 Å². The number of hydrogen-bond acceptors (Lipinski definition) is 3. The molecule has 4 aromatic rings. The van der Waals surface area contributed by atoms with Gasteiger partial charge in [-0.25, -0.2) is 8.42 Å². The van der Waals surface area contributed by atoms with Crippen LogP contribution >= 0.6 is 0 Å². The fourth-order valence-corrected chi connectivity index (χ4v) is 5.26. The van der Waals surface area contributed by atoms with E-state index in [9.17, 15) is 13.2 Å². The zero-order chi connectivity index (χ0) is 23.3. The van der Waals surface area contributed by atoms with E-state index in [2.05, 4.69) is 10.0 Å². The largest absolute Gasteiger partial charge is 0.351 e. The highest BCUT2D eigenvalue weighted by Gasteiger charge is 2.27. The fraction of sp³-hybridized carbons (Fsp3) is 0.148. The summed E-state index contributed by atoms with van der Waals surface area (Å²) in [5, 5.41) is 4.38. The van der Waals surface area contributed by atoms with Gasteiger partial charge in [-0.3, -0.25) is 4.79 Å². The van der Waals surface area contributed by atoms with Gasteiger partial charge < -0.3 is 5.32 Å². The maximum Gasteiger partial charge on any atom is 0.241 e. The second-order valence-corrected chi connectivity index (χ2v) is 9.68. The van der Waals surface area contributed by atoms with E-state index in [1.807, 2.05) is 85.8 Å². The van der Waals surface area contributed by atoms with Gasteiger partial charge in [-0.05, 0) is 41.5 Å². The Morgan fingerprint density at radius 3 is 2.00 bits per heavy atom.